The van der Waals surface area contributed by atoms with E-state index >= 15 is 0 Å². The Morgan fingerprint density at radius 2 is 2.00 bits per heavy atom. The van der Waals surface area contributed by atoms with Crippen molar-refractivity contribution >= 4 is 39.8 Å². The molecule has 1 fully saturated rings. The second-order valence-electron chi connectivity index (χ2n) is 12.5. The maximum absolute atomic E-state index is 13.9. The predicted molar refractivity (Wildman–Crippen MR) is 160 cm³/mol. The van der Waals surface area contributed by atoms with E-state index in [1.165, 1.54) is 10.9 Å². The van der Waals surface area contributed by atoms with Gasteiger partial charge in [0.05, 0.1) is 34.0 Å². The van der Waals surface area contributed by atoms with E-state index in [0.29, 0.717) is 70.1 Å². The number of amides is 1. The van der Waals surface area contributed by atoms with Crippen LogP contribution in [-0.4, -0.2) is 50.8 Å². The van der Waals surface area contributed by atoms with Crippen molar-refractivity contribution in [3.8, 4) is 6.07 Å². The molecule has 1 amide bonds. The van der Waals surface area contributed by atoms with Gasteiger partial charge in [-0.05, 0) is 47.6 Å². The standard InChI is InChI=1S/C31H31ClF2N8O/c1-30(2,3)16-37-25-17(12-35)13-36-26-21(25)10-18(11-23(26)32)38-27(19-6-5-7-20-22(19)14-41(4)28(20)43)24-15-42(40-39-24)31(8-9-31)29(33)34/h5-7,10-11,13,15,27,29,38H,8-9,14,16H2,1-4H3,(H,36,37). The molecule has 0 spiro atoms. The van der Waals surface area contributed by atoms with Gasteiger partial charge in [0.25, 0.3) is 12.3 Å². The van der Waals surface area contributed by atoms with Crippen LogP contribution in [0, 0.1) is 16.7 Å². The molecule has 2 N–H and O–H groups in total. The molecule has 1 aliphatic heterocycles. The van der Waals surface area contributed by atoms with Crippen LogP contribution >= 0.6 is 11.6 Å². The van der Waals surface area contributed by atoms with Crippen molar-refractivity contribution in [2.24, 2.45) is 5.41 Å². The quantitative estimate of drug-likeness (QED) is 0.241. The first-order valence-electron chi connectivity index (χ1n) is 14.0. The van der Waals surface area contributed by atoms with Crippen LogP contribution in [0.1, 0.15) is 72.4 Å². The van der Waals surface area contributed by atoms with E-state index in [0.717, 1.165) is 11.1 Å². The average molecular weight is 605 g/mol. The number of fused-ring (bicyclic) bond motifs is 2. The number of nitrogens with zero attached hydrogens (tertiary/aromatic N) is 6. The van der Waals surface area contributed by atoms with Gasteiger partial charge in [-0.2, -0.15) is 5.26 Å². The molecule has 1 saturated carbocycles. The van der Waals surface area contributed by atoms with Gasteiger partial charge in [-0.3, -0.25) is 9.78 Å². The number of hydrogen-bond donors (Lipinski definition) is 2. The van der Waals surface area contributed by atoms with E-state index in [9.17, 15) is 18.8 Å². The first-order valence-corrected chi connectivity index (χ1v) is 14.4. The number of hydrogen-bond acceptors (Lipinski definition) is 7. The van der Waals surface area contributed by atoms with E-state index < -0.39 is 18.0 Å². The van der Waals surface area contributed by atoms with Gasteiger partial charge in [-0.15, -0.1) is 5.10 Å². The summed E-state index contributed by atoms with van der Waals surface area (Å²) < 4.78 is 29.1. The maximum Gasteiger partial charge on any atom is 0.263 e. The second-order valence-corrected chi connectivity index (χ2v) is 12.9. The van der Waals surface area contributed by atoms with Gasteiger partial charge in [-0.25, -0.2) is 13.5 Å². The number of rotatable bonds is 8. The Morgan fingerprint density at radius 1 is 1.23 bits per heavy atom. The molecule has 0 saturated heterocycles. The van der Waals surface area contributed by atoms with Crippen molar-refractivity contribution in [1.29, 1.82) is 5.26 Å². The number of halogens is 3. The fourth-order valence-electron chi connectivity index (χ4n) is 5.52. The summed E-state index contributed by atoms with van der Waals surface area (Å²) in [5.74, 6) is -0.0905. The second kappa shape index (κ2) is 10.5. The minimum Gasteiger partial charge on any atom is -0.383 e. The minimum atomic E-state index is -2.57. The zero-order valence-corrected chi connectivity index (χ0v) is 25.0. The van der Waals surface area contributed by atoms with Crippen LogP contribution in [-0.2, 0) is 12.1 Å². The summed E-state index contributed by atoms with van der Waals surface area (Å²) >= 11 is 6.75. The monoisotopic (exact) mass is 604 g/mol. The number of anilines is 2. The maximum atomic E-state index is 13.9. The summed E-state index contributed by atoms with van der Waals surface area (Å²) in [6.45, 7) is 7.27. The van der Waals surface area contributed by atoms with E-state index in [-0.39, 0.29) is 11.3 Å². The molecule has 1 atom stereocenters. The van der Waals surface area contributed by atoms with Crippen LogP contribution in [0.25, 0.3) is 10.9 Å². The highest BCUT2D eigenvalue weighted by Gasteiger charge is 2.54. The third-order valence-corrected chi connectivity index (χ3v) is 8.37. The fourth-order valence-corrected chi connectivity index (χ4v) is 5.79. The summed E-state index contributed by atoms with van der Waals surface area (Å²) in [6.07, 6.45) is 1.14. The Morgan fingerprint density at radius 3 is 2.67 bits per heavy atom. The molecular weight excluding hydrogens is 574 g/mol. The number of alkyl halides is 2. The number of aromatic nitrogens is 4. The number of benzene rings is 2. The Balaban J connectivity index is 1.47. The zero-order valence-electron chi connectivity index (χ0n) is 24.3. The van der Waals surface area contributed by atoms with Crippen LogP contribution in [0.5, 0.6) is 0 Å². The van der Waals surface area contributed by atoms with Gasteiger partial charge in [0, 0.05) is 43.0 Å². The Labute approximate surface area is 252 Å². The van der Waals surface area contributed by atoms with E-state index in [1.807, 2.05) is 12.1 Å². The van der Waals surface area contributed by atoms with Crippen LogP contribution < -0.4 is 10.6 Å². The number of pyridine rings is 1. The molecule has 1 unspecified atom stereocenters. The highest BCUT2D eigenvalue weighted by atomic mass is 35.5. The SMILES string of the molecule is CN1Cc2c(cccc2C(Nc2cc(Cl)c3ncc(C#N)c(NCC(C)(C)C)c3c2)c2cn(C3(C(F)F)CC3)nn2)C1=O. The van der Waals surface area contributed by atoms with Crippen molar-refractivity contribution < 1.29 is 13.6 Å². The fraction of sp³-hybridized carbons (Fsp3) is 0.387. The van der Waals surface area contributed by atoms with Crippen molar-refractivity contribution in [3.63, 3.8) is 0 Å². The van der Waals surface area contributed by atoms with Crippen LogP contribution in [0.2, 0.25) is 5.02 Å². The van der Waals surface area contributed by atoms with Gasteiger partial charge < -0.3 is 15.5 Å². The summed E-state index contributed by atoms with van der Waals surface area (Å²) in [4.78, 5) is 18.9. The van der Waals surface area contributed by atoms with Gasteiger partial charge in [0.15, 0.2) is 0 Å². The van der Waals surface area contributed by atoms with Crippen LogP contribution in [0.4, 0.5) is 20.2 Å². The van der Waals surface area contributed by atoms with Gasteiger partial charge in [0.2, 0.25) is 0 Å². The number of nitriles is 1. The average Bonchev–Trinajstić information content (AvgIpc) is 3.54. The molecule has 43 heavy (non-hydrogen) atoms. The van der Waals surface area contributed by atoms with Crippen molar-refractivity contribution in [1.82, 2.24) is 24.9 Å². The molecular formula is C31H31ClF2N8O. The lowest BCUT2D eigenvalue weighted by atomic mass is 9.95. The summed E-state index contributed by atoms with van der Waals surface area (Å²) in [7, 11) is 1.74. The molecule has 222 valence electrons. The van der Waals surface area contributed by atoms with Crippen molar-refractivity contribution in [2.75, 3.05) is 24.2 Å². The molecule has 4 aromatic rings. The van der Waals surface area contributed by atoms with Gasteiger partial charge >= 0.3 is 0 Å². The number of nitrogens with one attached hydrogen (secondary N) is 2. The molecule has 1 aliphatic carbocycles. The van der Waals surface area contributed by atoms with Crippen molar-refractivity contribution in [2.45, 2.75) is 58.2 Å². The van der Waals surface area contributed by atoms with Gasteiger partial charge in [-0.1, -0.05) is 49.7 Å². The van der Waals surface area contributed by atoms with E-state index in [1.54, 1.807) is 36.3 Å². The Hall–Kier alpha value is -4.30. The van der Waals surface area contributed by atoms with E-state index in [2.05, 4.69) is 52.8 Å². The summed E-state index contributed by atoms with van der Waals surface area (Å²) in [5, 5.41) is 26.3. The molecule has 3 heterocycles. The van der Waals surface area contributed by atoms with Crippen molar-refractivity contribution in [3.05, 3.63) is 75.7 Å². The molecule has 0 radical (unpaired) electrons. The lowest BCUT2D eigenvalue weighted by Gasteiger charge is -2.23. The lowest BCUT2D eigenvalue weighted by Crippen LogP contribution is -2.26. The third kappa shape index (κ3) is 5.14. The lowest BCUT2D eigenvalue weighted by molar-refractivity contribution is 0.0593. The molecule has 9 nitrogen and oxygen atoms in total. The van der Waals surface area contributed by atoms with Crippen LogP contribution in [0.3, 0.4) is 0 Å². The van der Waals surface area contributed by atoms with Gasteiger partial charge in [0.1, 0.15) is 17.3 Å². The number of carbonyl (C=O) groups excluding carboxylic acids is 1. The molecule has 0 bridgehead atoms. The zero-order chi connectivity index (χ0) is 30.7. The predicted octanol–water partition coefficient (Wildman–Crippen LogP) is 6.35. The number of carbonyl (C=O) groups is 1. The smallest absolute Gasteiger partial charge is 0.263 e. The molecule has 2 aromatic carbocycles. The third-order valence-electron chi connectivity index (χ3n) is 8.08. The topological polar surface area (TPSA) is 112 Å². The Kier molecular flexibility index (Phi) is 7.00. The normalized spacial score (nSPS) is 16.3. The summed E-state index contributed by atoms with van der Waals surface area (Å²) in [6, 6.07) is 10.6. The molecule has 6 rings (SSSR count). The molecule has 2 aliphatic rings. The Bertz CT molecular complexity index is 1790. The first kappa shape index (κ1) is 28.8. The molecule has 12 heteroatoms. The molecule has 2 aromatic heterocycles. The largest absolute Gasteiger partial charge is 0.383 e. The highest BCUT2D eigenvalue weighted by molar-refractivity contribution is 6.35. The first-order chi connectivity index (χ1) is 20.4. The summed E-state index contributed by atoms with van der Waals surface area (Å²) in [5.41, 5.74) is 3.33. The highest BCUT2D eigenvalue weighted by Crippen LogP contribution is 2.48. The van der Waals surface area contributed by atoms with E-state index in [4.69, 9.17) is 11.6 Å². The minimum absolute atomic E-state index is 0.0612. The van der Waals surface area contributed by atoms with Crippen LogP contribution in [0.15, 0.2) is 42.7 Å².